The maximum absolute atomic E-state index is 13.4. The minimum absolute atomic E-state index is 0.0969. The number of hydrogen-bond donors (Lipinski definition) is 1. The molecule has 3 aromatic carbocycles. The second-order valence-corrected chi connectivity index (χ2v) is 8.58. The minimum Gasteiger partial charge on any atom is -0.497 e. The molecule has 1 N–H and O–H groups in total. The maximum Gasteiger partial charge on any atom is 0.312 e. The van der Waals surface area contributed by atoms with E-state index >= 15 is 0 Å². The second kappa shape index (κ2) is 8.20. The zero-order valence-corrected chi connectivity index (χ0v) is 19.0. The lowest BCUT2D eigenvalue weighted by atomic mass is 9.85. The van der Waals surface area contributed by atoms with Gasteiger partial charge in [0.15, 0.2) is 0 Å². The summed E-state index contributed by atoms with van der Waals surface area (Å²) in [4.78, 5) is 41.8. The Bertz CT molecular complexity index is 1800. The van der Waals surface area contributed by atoms with Gasteiger partial charge in [0.25, 0.3) is 5.56 Å². The third kappa shape index (κ3) is 3.46. The summed E-state index contributed by atoms with van der Waals surface area (Å²) in [5.74, 6) is -0.772. The molecule has 0 radical (unpaired) electrons. The monoisotopic (exact) mass is 483 g/mol. The molecule has 0 fully saturated rings. The van der Waals surface area contributed by atoms with Crippen LogP contribution in [0.1, 0.15) is 23.5 Å². The van der Waals surface area contributed by atoms with E-state index < -0.39 is 17.7 Å². The van der Waals surface area contributed by atoms with E-state index in [0.29, 0.717) is 28.0 Å². The SMILES string of the molecule is COc1ccc2cc([C@H]3CC(=O)Oc4ccc5c(=O)c(-c6ccc(F)cc6)coc5c43)c(=O)[nH]c2c1. The molecule has 3 heterocycles. The first-order valence-electron chi connectivity index (χ1n) is 11.2. The van der Waals surface area contributed by atoms with Crippen molar-refractivity contribution in [3.63, 3.8) is 0 Å². The Morgan fingerprint density at radius 1 is 1.00 bits per heavy atom. The number of hydrogen-bond acceptors (Lipinski definition) is 6. The van der Waals surface area contributed by atoms with E-state index in [-0.39, 0.29) is 39.7 Å². The molecule has 0 aliphatic carbocycles. The van der Waals surface area contributed by atoms with Gasteiger partial charge in [-0.15, -0.1) is 0 Å². The molecule has 7 nitrogen and oxygen atoms in total. The molecule has 1 atom stereocenters. The lowest BCUT2D eigenvalue weighted by molar-refractivity contribution is -0.135. The number of aromatic amines is 1. The molecule has 2 aromatic heterocycles. The van der Waals surface area contributed by atoms with Gasteiger partial charge in [-0.3, -0.25) is 14.4 Å². The fourth-order valence-corrected chi connectivity index (χ4v) is 4.73. The highest BCUT2D eigenvalue weighted by Gasteiger charge is 2.33. The molecule has 178 valence electrons. The van der Waals surface area contributed by atoms with Gasteiger partial charge in [-0.2, -0.15) is 0 Å². The number of pyridine rings is 1. The number of fused-ring (bicyclic) bond motifs is 4. The number of esters is 1. The lowest BCUT2D eigenvalue weighted by Crippen LogP contribution is -2.26. The third-order valence-electron chi connectivity index (χ3n) is 6.50. The summed E-state index contributed by atoms with van der Waals surface area (Å²) in [7, 11) is 1.54. The van der Waals surface area contributed by atoms with Crippen LogP contribution in [-0.4, -0.2) is 18.1 Å². The van der Waals surface area contributed by atoms with Crippen molar-refractivity contribution in [2.24, 2.45) is 0 Å². The van der Waals surface area contributed by atoms with Gasteiger partial charge < -0.3 is 18.9 Å². The lowest BCUT2D eigenvalue weighted by Gasteiger charge is -2.25. The standard InChI is InChI=1S/C28H18FNO6/c1-34-17-7-4-15-10-20(28(33)30-22(15)11-17)19-12-24(31)36-23-9-8-18-26(32)21(13-35-27(18)25(19)23)14-2-5-16(29)6-3-14/h2-11,13,19H,12H2,1H3,(H,30,33)/t19-/m1/s1. The van der Waals surface area contributed by atoms with Crippen LogP contribution in [0.15, 0.2) is 80.9 Å². The largest absolute Gasteiger partial charge is 0.497 e. The number of carbonyl (C=O) groups excluding carboxylic acids is 1. The first-order valence-corrected chi connectivity index (χ1v) is 11.2. The first kappa shape index (κ1) is 21.8. The van der Waals surface area contributed by atoms with Gasteiger partial charge in [0.2, 0.25) is 5.43 Å². The first-order chi connectivity index (χ1) is 17.4. The molecule has 1 aliphatic rings. The van der Waals surface area contributed by atoms with E-state index in [1.165, 1.54) is 42.7 Å². The Morgan fingerprint density at radius 3 is 2.58 bits per heavy atom. The van der Waals surface area contributed by atoms with Crippen LogP contribution in [0, 0.1) is 5.82 Å². The van der Waals surface area contributed by atoms with E-state index in [1.807, 2.05) is 6.07 Å². The molecular formula is C28H18FNO6. The van der Waals surface area contributed by atoms with Gasteiger partial charge in [-0.25, -0.2) is 4.39 Å². The van der Waals surface area contributed by atoms with Crippen molar-refractivity contribution in [2.45, 2.75) is 12.3 Å². The Hall–Kier alpha value is -4.72. The topological polar surface area (TPSA) is 98.6 Å². The average molecular weight is 483 g/mol. The summed E-state index contributed by atoms with van der Waals surface area (Å²) in [5.41, 5.74) is 1.71. The molecule has 0 spiro atoms. The van der Waals surface area contributed by atoms with E-state index in [0.717, 1.165) is 5.39 Å². The van der Waals surface area contributed by atoms with Crippen molar-refractivity contribution >= 4 is 27.8 Å². The number of halogens is 1. The molecule has 1 aliphatic heterocycles. The van der Waals surface area contributed by atoms with Crippen LogP contribution < -0.4 is 20.5 Å². The number of rotatable bonds is 3. The van der Waals surface area contributed by atoms with Gasteiger partial charge in [0, 0.05) is 23.1 Å². The summed E-state index contributed by atoms with van der Waals surface area (Å²) in [5, 5.41) is 1.02. The molecule has 6 rings (SSSR count). The minimum atomic E-state index is -0.694. The Labute approximate surface area is 202 Å². The van der Waals surface area contributed by atoms with Gasteiger partial charge in [-0.05, 0) is 53.4 Å². The summed E-state index contributed by atoms with van der Waals surface area (Å²) >= 11 is 0. The van der Waals surface area contributed by atoms with Crippen LogP contribution in [0.2, 0.25) is 0 Å². The van der Waals surface area contributed by atoms with Crippen molar-refractivity contribution in [2.75, 3.05) is 7.11 Å². The molecule has 5 aromatic rings. The van der Waals surface area contributed by atoms with E-state index in [9.17, 15) is 18.8 Å². The van der Waals surface area contributed by atoms with E-state index in [1.54, 1.807) is 25.3 Å². The fourth-order valence-electron chi connectivity index (χ4n) is 4.73. The quantitative estimate of drug-likeness (QED) is 0.290. The summed E-state index contributed by atoms with van der Waals surface area (Å²) in [6.45, 7) is 0. The van der Waals surface area contributed by atoms with Crippen LogP contribution in [-0.2, 0) is 4.79 Å². The van der Waals surface area contributed by atoms with Crippen LogP contribution in [0.4, 0.5) is 4.39 Å². The summed E-state index contributed by atoms with van der Waals surface area (Å²) in [6.07, 6.45) is 1.21. The Kier molecular flexibility index (Phi) is 4.96. The highest BCUT2D eigenvalue weighted by Crippen LogP contribution is 2.42. The van der Waals surface area contributed by atoms with Gasteiger partial charge in [0.05, 0.1) is 30.0 Å². The molecule has 0 unspecified atom stereocenters. The van der Waals surface area contributed by atoms with Gasteiger partial charge >= 0.3 is 5.97 Å². The number of benzene rings is 3. The number of methoxy groups -OCH3 is 1. The van der Waals surface area contributed by atoms with Crippen molar-refractivity contribution in [1.29, 1.82) is 0 Å². The summed E-state index contributed by atoms with van der Waals surface area (Å²) in [6, 6.07) is 15.6. The van der Waals surface area contributed by atoms with Gasteiger partial charge in [-0.1, -0.05) is 12.1 Å². The maximum atomic E-state index is 13.4. The molecule has 0 bridgehead atoms. The smallest absolute Gasteiger partial charge is 0.312 e. The highest BCUT2D eigenvalue weighted by atomic mass is 19.1. The Balaban J connectivity index is 1.56. The predicted octanol–water partition coefficient (Wildman–Crippen LogP) is 4.89. The van der Waals surface area contributed by atoms with E-state index in [2.05, 4.69) is 4.98 Å². The number of H-pyrrole nitrogens is 1. The zero-order valence-electron chi connectivity index (χ0n) is 19.0. The van der Waals surface area contributed by atoms with Crippen molar-refractivity contribution < 1.29 is 23.1 Å². The number of aromatic nitrogens is 1. The van der Waals surface area contributed by atoms with Crippen LogP contribution >= 0.6 is 0 Å². The molecule has 0 saturated heterocycles. The molecule has 8 heteroatoms. The average Bonchev–Trinajstić information content (AvgIpc) is 2.88. The van der Waals surface area contributed by atoms with E-state index in [4.69, 9.17) is 13.9 Å². The van der Waals surface area contributed by atoms with Crippen molar-refractivity contribution in [1.82, 2.24) is 4.98 Å². The molecule has 0 amide bonds. The highest BCUT2D eigenvalue weighted by molar-refractivity contribution is 5.90. The molecule has 36 heavy (non-hydrogen) atoms. The fraction of sp³-hybridized carbons (Fsp3) is 0.107. The second-order valence-electron chi connectivity index (χ2n) is 8.58. The number of carbonyl (C=O) groups is 1. The van der Waals surface area contributed by atoms with Crippen LogP contribution in [0.25, 0.3) is 33.0 Å². The number of nitrogens with one attached hydrogen (secondary N) is 1. The van der Waals surface area contributed by atoms with Crippen LogP contribution in [0.5, 0.6) is 11.5 Å². The summed E-state index contributed by atoms with van der Waals surface area (Å²) < 4.78 is 30.0. The van der Waals surface area contributed by atoms with Crippen molar-refractivity contribution in [3.05, 3.63) is 104 Å². The normalized spacial score (nSPS) is 15.1. The van der Waals surface area contributed by atoms with Crippen molar-refractivity contribution in [3.8, 4) is 22.6 Å². The zero-order chi connectivity index (χ0) is 25.0. The predicted molar refractivity (Wildman–Crippen MR) is 131 cm³/mol. The van der Waals surface area contributed by atoms with Crippen LogP contribution in [0.3, 0.4) is 0 Å². The molecular weight excluding hydrogens is 465 g/mol. The number of ether oxygens (including phenoxy) is 2. The Morgan fingerprint density at radius 2 is 1.81 bits per heavy atom. The third-order valence-corrected chi connectivity index (χ3v) is 6.50. The molecule has 0 saturated carbocycles. The van der Waals surface area contributed by atoms with Gasteiger partial charge in [0.1, 0.15) is 29.2 Å².